The number of carbonyl (C=O) groups excluding carboxylic acids is 1. The molecule has 2 aliphatic rings. The van der Waals surface area contributed by atoms with Crippen LogP contribution in [0.4, 0.5) is 0 Å². The second-order valence-corrected chi connectivity index (χ2v) is 4.67. The van der Waals surface area contributed by atoms with Gasteiger partial charge in [0.15, 0.2) is 11.5 Å². The van der Waals surface area contributed by atoms with E-state index >= 15 is 0 Å². The van der Waals surface area contributed by atoms with Crippen LogP contribution in [0.3, 0.4) is 0 Å². The Hall–Kier alpha value is -1.79. The maximum Gasteiger partial charge on any atom is 0.231 e. The van der Waals surface area contributed by atoms with Crippen molar-refractivity contribution in [1.82, 2.24) is 16.2 Å². The third kappa shape index (κ3) is 2.97. The summed E-state index contributed by atoms with van der Waals surface area (Å²) in [6.45, 7) is 1.16. The van der Waals surface area contributed by atoms with E-state index in [9.17, 15) is 4.79 Å². The molecule has 1 unspecified atom stereocenters. The molecule has 1 amide bonds. The molecule has 0 bridgehead atoms. The van der Waals surface area contributed by atoms with Crippen molar-refractivity contribution in [2.45, 2.75) is 25.4 Å². The van der Waals surface area contributed by atoms with E-state index in [2.05, 4.69) is 16.2 Å². The molecule has 19 heavy (non-hydrogen) atoms. The number of ether oxygens (including phenoxy) is 2. The van der Waals surface area contributed by atoms with Crippen LogP contribution in [0.25, 0.3) is 0 Å². The molecule has 1 aromatic rings. The largest absolute Gasteiger partial charge is 0.454 e. The summed E-state index contributed by atoms with van der Waals surface area (Å²) in [6, 6.07) is 5.79. The van der Waals surface area contributed by atoms with Gasteiger partial charge in [-0.15, -0.1) is 0 Å². The minimum Gasteiger partial charge on any atom is -0.454 e. The lowest BCUT2D eigenvalue weighted by Crippen LogP contribution is -2.44. The fourth-order valence-corrected chi connectivity index (χ4v) is 2.21. The van der Waals surface area contributed by atoms with Crippen LogP contribution in [-0.2, 0) is 11.2 Å². The SMILES string of the molecule is O=C(CCc1ccc2c(c1)OCO2)NC1CCNN1. The Balaban J connectivity index is 1.50. The molecule has 1 saturated heterocycles. The number of hydrogen-bond donors (Lipinski definition) is 3. The van der Waals surface area contributed by atoms with Crippen LogP contribution in [0.5, 0.6) is 11.5 Å². The molecule has 1 aromatic carbocycles. The van der Waals surface area contributed by atoms with Gasteiger partial charge >= 0.3 is 0 Å². The Kier molecular flexibility index (Phi) is 3.52. The van der Waals surface area contributed by atoms with Crippen LogP contribution in [0.2, 0.25) is 0 Å². The van der Waals surface area contributed by atoms with Crippen molar-refractivity contribution >= 4 is 5.91 Å². The van der Waals surface area contributed by atoms with Gasteiger partial charge < -0.3 is 14.8 Å². The smallest absolute Gasteiger partial charge is 0.231 e. The van der Waals surface area contributed by atoms with E-state index in [1.165, 1.54) is 0 Å². The molecule has 1 fully saturated rings. The summed E-state index contributed by atoms with van der Waals surface area (Å²) in [4.78, 5) is 11.8. The first-order chi connectivity index (χ1) is 9.31. The number of hydrazine groups is 1. The molecule has 0 aliphatic carbocycles. The number of nitrogens with one attached hydrogen (secondary N) is 3. The first-order valence-electron chi connectivity index (χ1n) is 6.47. The highest BCUT2D eigenvalue weighted by Gasteiger charge is 2.16. The molecule has 3 N–H and O–H groups in total. The highest BCUT2D eigenvalue weighted by molar-refractivity contribution is 5.76. The summed E-state index contributed by atoms with van der Waals surface area (Å²) in [7, 11) is 0. The fourth-order valence-electron chi connectivity index (χ4n) is 2.21. The highest BCUT2D eigenvalue weighted by atomic mass is 16.7. The lowest BCUT2D eigenvalue weighted by atomic mass is 10.1. The number of fused-ring (bicyclic) bond motifs is 1. The van der Waals surface area contributed by atoms with Crippen molar-refractivity contribution in [3.63, 3.8) is 0 Å². The predicted octanol–water partition coefficient (Wildman–Crippen LogP) is 0.288. The van der Waals surface area contributed by atoms with E-state index in [4.69, 9.17) is 9.47 Å². The summed E-state index contributed by atoms with van der Waals surface area (Å²) in [5.74, 6) is 1.59. The van der Waals surface area contributed by atoms with Crippen molar-refractivity contribution in [2.75, 3.05) is 13.3 Å². The quantitative estimate of drug-likeness (QED) is 0.728. The molecular weight excluding hydrogens is 246 g/mol. The normalized spacial score (nSPS) is 20.5. The molecule has 102 valence electrons. The zero-order valence-corrected chi connectivity index (χ0v) is 10.6. The monoisotopic (exact) mass is 263 g/mol. The third-order valence-electron chi connectivity index (χ3n) is 3.25. The zero-order valence-electron chi connectivity index (χ0n) is 10.6. The van der Waals surface area contributed by atoms with Gasteiger partial charge in [-0.25, -0.2) is 5.43 Å². The lowest BCUT2D eigenvalue weighted by molar-refractivity contribution is -0.121. The minimum absolute atomic E-state index is 0.0456. The number of amides is 1. The van der Waals surface area contributed by atoms with Gasteiger partial charge in [0.1, 0.15) is 0 Å². The van der Waals surface area contributed by atoms with E-state index in [0.29, 0.717) is 12.8 Å². The first-order valence-corrected chi connectivity index (χ1v) is 6.47. The summed E-state index contributed by atoms with van der Waals surface area (Å²) in [5, 5.41) is 2.93. The van der Waals surface area contributed by atoms with Gasteiger partial charge in [-0.2, -0.15) is 0 Å². The van der Waals surface area contributed by atoms with Gasteiger partial charge in [0.2, 0.25) is 12.7 Å². The van der Waals surface area contributed by atoms with Crippen LogP contribution < -0.4 is 25.6 Å². The molecule has 6 heteroatoms. The lowest BCUT2D eigenvalue weighted by Gasteiger charge is -2.11. The van der Waals surface area contributed by atoms with E-state index in [0.717, 1.165) is 30.0 Å². The van der Waals surface area contributed by atoms with Crippen molar-refractivity contribution in [3.05, 3.63) is 23.8 Å². The highest BCUT2D eigenvalue weighted by Crippen LogP contribution is 2.32. The number of benzene rings is 1. The second kappa shape index (κ2) is 5.46. The summed E-state index contributed by atoms with van der Waals surface area (Å²) >= 11 is 0. The van der Waals surface area contributed by atoms with Gasteiger partial charge in [-0.3, -0.25) is 10.2 Å². The second-order valence-electron chi connectivity index (χ2n) is 4.67. The standard InChI is InChI=1S/C13H17N3O3/c17-13(15-12-5-6-14-16-12)4-2-9-1-3-10-11(7-9)19-8-18-10/h1,3,7,12,14,16H,2,4-6,8H2,(H,15,17). The molecule has 3 rings (SSSR count). The number of aryl methyl sites for hydroxylation is 1. The van der Waals surface area contributed by atoms with Gasteiger partial charge in [-0.05, 0) is 30.5 Å². The van der Waals surface area contributed by atoms with Crippen LogP contribution in [0.15, 0.2) is 18.2 Å². The molecular formula is C13H17N3O3. The zero-order chi connectivity index (χ0) is 13.1. The molecule has 2 heterocycles. The summed E-state index contributed by atoms with van der Waals surface area (Å²) in [6.07, 6.45) is 2.13. The summed E-state index contributed by atoms with van der Waals surface area (Å²) < 4.78 is 10.6. The Morgan fingerprint density at radius 3 is 3.11 bits per heavy atom. The van der Waals surface area contributed by atoms with E-state index < -0.39 is 0 Å². The maximum atomic E-state index is 11.8. The molecule has 0 radical (unpaired) electrons. The average molecular weight is 263 g/mol. The number of hydrogen-bond acceptors (Lipinski definition) is 5. The molecule has 0 spiro atoms. The van der Waals surface area contributed by atoms with Crippen LogP contribution in [-0.4, -0.2) is 25.4 Å². The van der Waals surface area contributed by atoms with Gasteiger partial charge in [0.25, 0.3) is 0 Å². The average Bonchev–Trinajstić information content (AvgIpc) is 3.06. The molecule has 6 nitrogen and oxygen atoms in total. The maximum absolute atomic E-state index is 11.8. The van der Waals surface area contributed by atoms with Crippen molar-refractivity contribution < 1.29 is 14.3 Å². The predicted molar refractivity (Wildman–Crippen MR) is 68.6 cm³/mol. The third-order valence-corrected chi connectivity index (χ3v) is 3.25. The molecule has 0 aromatic heterocycles. The van der Waals surface area contributed by atoms with Crippen molar-refractivity contribution in [1.29, 1.82) is 0 Å². The number of carbonyl (C=O) groups is 1. The van der Waals surface area contributed by atoms with Gasteiger partial charge in [0, 0.05) is 13.0 Å². The van der Waals surface area contributed by atoms with Crippen LogP contribution in [0.1, 0.15) is 18.4 Å². The summed E-state index contributed by atoms with van der Waals surface area (Å²) in [5.41, 5.74) is 7.07. The molecule has 2 aliphatic heterocycles. The Bertz CT molecular complexity index is 472. The van der Waals surface area contributed by atoms with Crippen LogP contribution in [0, 0.1) is 0 Å². The first kappa shape index (κ1) is 12.3. The van der Waals surface area contributed by atoms with E-state index in [1.54, 1.807) is 0 Å². The minimum atomic E-state index is 0.0456. The molecule has 1 atom stereocenters. The van der Waals surface area contributed by atoms with Crippen molar-refractivity contribution in [3.8, 4) is 11.5 Å². The van der Waals surface area contributed by atoms with Crippen LogP contribution >= 0.6 is 0 Å². The Labute approximate surface area is 111 Å². The van der Waals surface area contributed by atoms with E-state index in [-0.39, 0.29) is 18.9 Å². The van der Waals surface area contributed by atoms with Gasteiger partial charge in [-0.1, -0.05) is 6.07 Å². The Morgan fingerprint density at radius 2 is 2.26 bits per heavy atom. The molecule has 0 saturated carbocycles. The Morgan fingerprint density at radius 1 is 1.37 bits per heavy atom. The van der Waals surface area contributed by atoms with Crippen molar-refractivity contribution in [2.24, 2.45) is 0 Å². The van der Waals surface area contributed by atoms with Gasteiger partial charge in [0.05, 0.1) is 6.17 Å². The topological polar surface area (TPSA) is 71.6 Å². The number of rotatable bonds is 4. The fraction of sp³-hybridized carbons (Fsp3) is 0.462. The van der Waals surface area contributed by atoms with E-state index in [1.807, 2.05) is 18.2 Å².